The minimum absolute atomic E-state index is 0.0752. The van der Waals surface area contributed by atoms with Crippen molar-refractivity contribution in [3.8, 4) is 23.3 Å². The number of hydrogen-bond donors (Lipinski definition) is 2. The van der Waals surface area contributed by atoms with Crippen molar-refractivity contribution < 1.29 is 19.3 Å². The summed E-state index contributed by atoms with van der Waals surface area (Å²) in [5.74, 6) is 2.00. The molecule has 7 nitrogen and oxygen atoms in total. The first-order valence-electron chi connectivity index (χ1n) is 13.4. The summed E-state index contributed by atoms with van der Waals surface area (Å²) in [5, 5.41) is 23.0. The fraction of sp³-hybridized carbons (Fsp3) is 0.433. The van der Waals surface area contributed by atoms with Crippen LogP contribution in [0.15, 0.2) is 48.7 Å². The van der Waals surface area contributed by atoms with Crippen LogP contribution in [0.1, 0.15) is 49.7 Å². The standard InChI is InChI=1S/C30H31FN4O3/c1-30-12-11-21-19-10-8-18(13-16(19)7-9-22(21)23(30)14-24(36)26(30)37)38-29-33-27(32-28(31)34-29)25-20-6-4-3-5-17(20)15-35(25)2/h3-6,8,10,13,15,21-24,26,36-37H,7,9,11-12,14H2,1-2H3/t21-,22-,23+,24?,26?,30+/m1/s1. The second kappa shape index (κ2) is 8.58. The second-order valence-electron chi connectivity index (χ2n) is 11.6. The molecule has 2 saturated carbocycles. The smallest absolute Gasteiger partial charge is 0.328 e. The number of hydrogen-bond acceptors (Lipinski definition) is 6. The number of nitrogens with zero attached hydrogens (tertiary/aromatic N) is 4. The first-order valence-corrected chi connectivity index (χ1v) is 13.4. The van der Waals surface area contributed by atoms with Gasteiger partial charge in [-0.1, -0.05) is 37.3 Å². The maximum atomic E-state index is 14.5. The van der Waals surface area contributed by atoms with Crippen LogP contribution in [0.25, 0.3) is 22.3 Å². The Morgan fingerprint density at radius 2 is 1.92 bits per heavy atom. The predicted molar refractivity (Wildman–Crippen MR) is 140 cm³/mol. The summed E-state index contributed by atoms with van der Waals surface area (Å²) in [6, 6.07) is 13.8. The van der Waals surface area contributed by atoms with Crippen LogP contribution >= 0.6 is 0 Å². The molecule has 0 spiro atoms. The summed E-state index contributed by atoms with van der Waals surface area (Å²) >= 11 is 0. The summed E-state index contributed by atoms with van der Waals surface area (Å²) < 4.78 is 22.4. The minimum atomic E-state index is -0.887. The van der Waals surface area contributed by atoms with Gasteiger partial charge < -0.3 is 19.5 Å². The summed E-state index contributed by atoms with van der Waals surface area (Å²) in [6.45, 7) is 2.15. The van der Waals surface area contributed by atoms with Gasteiger partial charge in [0, 0.05) is 24.0 Å². The lowest BCUT2D eigenvalue weighted by molar-refractivity contribution is -0.0505. The number of aliphatic hydroxyl groups excluding tert-OH is 2. The van der Waals surface area contributed by atoms with E-state index in [1.807, 2.05) is 54.2 Å². The van der Waals surface area contributed by atoms with Crippen molar-refractivity contribution in [3.63, 3.8) is 0 Å². The van der Waals surface area contributed by atoms with Crippen molar-refractivity contribution in [1.29, 1.82) is 0 Å². The van der Waals surface area contributed by atoms with Gasteiger partial charge in [0.05, 0.1) is 17.9 Å². The molecule has 2 N–H and O–H groups in total. The zero-order chi connectivity index (χ0) is 26.2. The highest BCUT2D eigenvalue weighted by Crippen LogP contribution is 2.61. The quantitative estimate of drug-likeness (QED) is 0.393. The fourth-order valence-electron chi connectivity index (χ4n) is 7.77. The van der Waals surface area contributed by atoms with Gasteiger partial charge in [0.1, 0.15) is 5.75 Å². The molecule has 2 unspecified atom stereocenters. The molecule has 6 atom stereocenters. The van der Waals surface area contributed by atoms with Gasteiger partial charge in [-0.3, -0.25) is 0 Å². The van der Waals surface area contributed by atoms with E-state index >= 15 is 0 Å². The van der Waals surface area contributed by atoms with Crippen molar-refractivity contribution in [2.24, 2.45) is 24.3 Å². The molecule has 4 aromatic rings. The van der Waals surface area contributed by atoms with Gasteiger partial charge in [-0.25, -0.2) is 0 Å². The van der Waals surface area contributed by atoms with E-state index in [-0.39, 0.29) is 17.2 Å². The van der Waals surface area contributed by atoms with E-state index in [1.165, 1.54) is 11.1 Å². The molecule has 0 amide bonds. The van der Waals surface area contributed by atoms with Crippen molar-refractivity contribution in [2.75, 3.05) is 0 Å². The van der Waals surface area contributed by atoms with Crippen LogP contribution in [0.3, 0.4) is 0 Å². The van der Waals surface area contributed by atoms with E-state index in [0.29, 0.717) is 35.6 Å². The number of ether oxygens (including phenoxy) is 1. The maximum Gasteiger partial charge on any atom is 0.328 e. The van der Waals surface area contributed by atoms with Gasteiger partial charge in [0.15, 0.2) is 5.82 Å². The third-order valence-electron chi connectivity index (χ3n) is 9.58. The highest BCUT2D eigenvalue weighted by Gasteiger charge is 2.57. The molecular weight excluding hydrogens is 483 g/mol. The summed E-state index contributed by atoms with van der Waals surface area (Å²) in [7, 11) is 1.88. The molecule has 2 aromatic heterocycles. The van der Waals surface area contributed by atoms with Gasteiger partial charge in [0.2, 0.25) is 0 Å². The van der Waals surface area contributed by atoms with E-state index < -0.39 is 18.3 Å². The molecule has 2 heterocycles. The molecule has 0 bridgehead atoms. The van der Waals surface area contributed by atoms with Gasteiger partial charge in [-0.2, -0.15) is 14.4 Å². The Balaban J connectivity index is 1.17. The lowest BCUT2D eigenvalue weighted by Gasteiger charge is -2.49. The highest BCUT2D eigenvalue weighted by atomic mass is 19.1. The Morgan fingerprint density at radius 3 is 2.79 bits per heavy atom. The number of aliphatic hydroxyl groups is 2. The third-order valence-corrected chi connectivity index (χ3v) is 9.58. The minimum Gasteiger partial charge on any atom is -0.424 e. The van der Waals surface area contributed by atoms with Gasteiger partial charge in [0.25, 0.3) is 0 Å². The van der Waals surface area contributed by atoms with Crippen molar-refractivity contribution in [2.45, 2.75) is 57.2 Å². The van der Waals surface area contributed by atoms with Crippen LogP contribution in [0.4, 0.5) is 4.39 Å². The van der Waals surface area contributed by atoms with E-state index in [2.05, 4.69) is 27.9 Å². The van der Waals surface area contributed by atoms with Crippen LogP contribution in [0, 0.1) is 23.3 Å². The second-order valence-corrected chi connectivity index (χ2v) is 11.6. The lowest BCUT2D eigenvalue weighted by Crippen LogP contribution is -2.44. The number of fused-ring (bicyclic) bond motifs is 6. The monoisotopic (exact) mass is 514 g/mol. The van der Waals surface area contributed by atoms with Gasteiger partial charge in [-0.05, 0) is 78.5 Å². The molecule has 196 valence electrons. The molecule has 0 aliphatic heterocycles. The molecule has 38 heavy (non-hydrogen) atoms. The Hall–Kier alpha value is -3.36. The number of benzene rings is 2. The number of aryl methyl sites for hydroxylation is 2. The first kappa shape index (κ1) is 23.7. The molecular formula is C30H31FN4O3. The third kappa shape index (κ3) is 3.57. The fourth-order valence-corrected chi connectivity index (χ4v) is 7.77. The SMILES string of the molecule is Cn1cc2ccccc2c1-c1nc(F)nc(Oc2ccc3c(c2)CC[C@@H]2[C@@H]3CC[C@]3(C)C(O)C(O)C[C@@H]23)n1. The number of rotatable bonds is 3. The largest absolute Gasteiger partial charge is 0.424 e. The summed E-state index contributed by atoms with van der Waals surface area (Å²) in [6.07, 6.45) is 4.33. The predicted octanol–water partition coefficient (Wildman–Crippen LogP) is 5.15. The Morgan fingerprint density at radius 1 is 1.08 bits per heavy atom. The Labute approximate surface area is 220 Å². The first-order chi connectivity index (χ1) is 18.3. The van der Waals surface area contributed by atoms with Crippen LogP contribution in [-0.2, 0) is 13.5 Å². The Kier molecular flexibility index (Phi) is 5.36. The van der Waals surface area contributed by atoms with E-state index in [9.17, 15) is 14.6 Å². The molecule has 0 radical (unpaired) electrons. The van der Waals surface area contributed by atoms with Crippen LogP contribution in [0.5, 0.6) is 11.8 Å². The molecule has 0 saturated heterocycles. The van der Waals surface area contributed by atoms with E-state index in [1.54, 1.807) is 0 Å². The van der Waals surface area contributed by atoms with Crippen LogP contribution in [-0.4, -0.2) is 41.9 Å². The molecule has 2 aromatic carbocycles. The number of halogens is 1. The van der Waals surface area contributed by atoms with Crippen molar-refractivity contribution in [3.05, 3.63) is 65.9 Å². The van der Waals surface area contributed by atoms with Crippen molar-refractivity contribution >= 4 is 10.8 Å². The highest BCUT2D eigenvalue weighted by molar-refractivity contribution is 5.94. The number of aromatic nitrogens is 4. The maximum absolute atomic E-state index is 14.5. The van der Waals surface area contributed by atoms with Gasteiger partial charge in [-0.15, -0.1) is 4.98 Å². The zero-order valence-corrected chi connectivity index (χ0v) is 21.5. The van der Waals surface area contributed by atoms with Gasteiger partial charge >= 0.3 is 12.1 Å². The van der Waals surface area contributed by atoms with E-state index in [4.69, 9.17) is 4.74 Å². The molecule has 3 aliphatic carbocycles. The zero-order valence-electron chi connectivity index (χ0n) is 21.5. The summed E-state index contributed by atoms with van der Waals surface area (Å²) in [5.41, 5.74) is 3.05. The topological polar surface area (TPSA) is 93.3 Å². The Bertz CT molecular complexity index is 1550. The van der Waals surface area contributed by atoms with Crippen molar-refractivity contribution in [1.82, 2.24) is 19.5 Å². The lowest BCUT2D eigenvalue weighted by atomic mass is 9.55. The van der Waals surface area contributed by atoms with Crippen LogP contribution in [0.2, 0.25) is 0 Å². The summed E-state index contributed by atoms with van der Waals surface area (Å²) in [4.78, 5) is 12.2. The van der Waals surface area contributed by atoms with Crippen LogP contribution < -0.4 is 4.74 Å². The molecule has 7 rings (SSSR count). The van der Waals surface area contributed by atoms with E-state index in [0.717, 1.165) is 36.5 Å². The average molecular weight is 515 g/mol. The average Bonchev–Trinajstić information content (AvgIpc) is 3.35. The normalized spacial score (nSPS) is 30.1. The molecule has 3 aliphatic rings. The molecule has 2 fully saturated rings. The molecule has 8 heteroatoms.